The first-order valence-corrected chi connectivity index (χ1v) is 6.65. The summed E-state index contributed by atoms with van der Waals surface area (Å²) < 4.78 is 0. The van der Waals surface area contributed by atoms with Gasteiger partial charge >= 0.3 is 0 Å². The van der Waals surface area contributed by atoms with Crippen LogP contribution in [0.3, 0.4) is 0 Å². The van der Waals surface area contributed by atoms with Crippen molar-refractivity contribution >= 4 is 17.7 Å². The Morgan fingerprint density at radius 2 is 2.13 bits per heavy atom. The largest absolute Gasteiger partial charge is 0.337 e. The molecule has 0 aliphatic carbocycles. The van der Waals surface area contributed by atoms with Gasteiger partial charge in [-0.05, 0) is 13.0 Å². The van der Waals surface area contributed by atoms with Crippen molar-refractivity contribution in [3.63, 3.8) is 0 Å². The maximum atomic E-state index is 11.8. The van der Waals surface area contributed by atoms with Gasteiger partial charge in [0.2, 0.25) is 5.91 Å². The van der Waals surface area contributed by atoms with E-state index in [0.717, 1.165) is 19.6 Å². The fourth-order valence-electron chi connectivity index (χ4n) is 2.22. The van der Waals surface area contributed by atoms with Gasteiger partial charge in [-0.25, -0.2) is 0 Å². The van der Waals surface area contributed by atoms with Crippen LogP contribution in [0.25, 0.3) is 0 Å². The number of carbonyl (C=O) groups is 1. The third kappa shape index (κ3) is 2.02. The Bertz CT molecular complexity index is 261. The predicted octanol–water partition coefficient (Wildman–Crippen LogP) is 1.25. The fraction of sp³-hybridized carbons (Fsp3) is 0.909. The molecule has 2 aliphatic rings. The zero-order chi connectivity index (χ0) is 11.1. The van der Waals surface area contributed by atoms with Crippen LogP contribution in [0.1, 0.15) is 20.3 Å². The van der Waals surface area contributed by atoms with E-state index in [9.17, 15) is 4.79 Å². The summed E-state index contributed by atoms with van der Waals surface area (Å²) >= 11 is 2.01. The zero-order valence-corrected chi connectivity index (χ0v) is 10.6. The molecular formula is C11H20N2OS. The lowest BCUT2D eigenvalue weighted by molar-refractivity contribution is -0.140. The molecule has 4 heteroatoms. The van der Waals surface area contributed by atoms with Crippen LogP contribution >= 0.6 is 11.8 Å². The minimum Gasteiger partial charge on any atom is -0.337 e. The van der Waals surface area contributed by atoms with Crippen molar-refractivity contribution < 1.29 is 4.79 Å². The molecule has 1 amide bonds. The molecule has 2 rings (SSSR count). The summed E-state index contributed by atoms with van der Waals surface area (Å²) in [5.74, 6) is 2.02. The number of likely N-dealkylation sites (N-methyl/N-ethyl adjacent to an activating group) is 1. The molecule has 0 aromatic heterocycles. The van der Waals surface area contributed by atoms with E-state index in [1.54, 1.807) is 0 Å². The first-order chi connectivity index (χ1) is 7.03. The average Bonchev–Trinajstić information content (AvgIpc) is 2.42. The van der Waals surface area contributed by atoms with Crippen molar-refractivity contribution in [3.8, 4) is 0 Å². The maximum absolute atomic E-state index is 11.8. The first kappa shape index (κ1) is 11.3. The Hall–Kier alpha value is -0.220. The van der Waals surface area contributed by atoms with Gasteiger partial charge in [0.05, 0.1) is 13.1 Å². The summed E-state index contributed by atoms with van der Waals surface area (Å²) in [5.41, 5.74) is 0. The molecule has 2 heterocycles. The standard InChI is InChI=1S/C11H20N2OS/c1-9(2)6-10(14)13-7-11(8-13)12(3)4-5-15-11/h9H,4-8H2,1-3H3. The van der Waals surface area contributed by atoms with Gasteiger partial charge < -0.3 is 4.90 Å². The van der Waals surface area contributed by atoms with E-state index in [2.05, 4.69) is 25.8 Å². The van der Waals surface area contributed by atoms with Crippen LogP contribution in [0.2, 0.25) is 0 Å². The van der Waals surface area contributed by atoms with Crippen LogP contribution < -0.4 is 0 Å². The Kier molecular flexibility index (Phi) is 2.99. The number of likely N-dealkylation sites (tertiary alicyclic amines) is 1. The summed E-state index contributed by atoms with van der Waals surface area (Å²) in [6.07, 6.45) is 0.699. The molecule has 0 saturated carbocycles. The van der Waals surface area contributed by atoms with Gasteiger partial charge in [-0.2, -0.15) is 0 Å². The molecule has 2 aliphatic heterocycles. The SMILES string of the molecule is CC(C)CC(=O)N1CC2(C1)SCCN2C. The van der Waals surface area contributed by atoms with Crippen LogP contribution in [0, 0.1) is 5.92 Å². The lowest BCUT2D eigenvalue weighted by atomic mass is 10.0. The van der Waals surface area contributed by atoms with Crippen LogP contribution in [0.4, 0.5) is 0 Å². The van der Waals surface area contributed by atoms with E-state index in [4.69, 9.17) is 0 Å². The third-order valence-electron chi connectivity index (χ3n) is 3.30. The number of hydrogen-bond donors (Lipinski definition) is 0. The van der Waals surface area contributed by atoms with Crippen LogP contribution in [0.15, 0.2) is 0 Å². The third-order valence-corrected chi connectivity index (χ3v) is 4.80. The van der Waals surface area contributed by atoms with E-state index < -0.39 is 0 Å². The second-order valence-electron chi connectivity index (χ2n) is 5.06. The molecule has 0 unspecified atom stereocenters. The highest BCUT2D eigenvalue weighted by atomic mass is 32.2. The van der Waals surface area contributed by atoms with Crippen molar-refractivity contribution in [1.29, 1.82) is 0 Å². The molecule has 0 bridgehead atoms. The Morgan fingerprint density at radius 1 is 1.47 bits per heavy atom. The zero-order valence-electron chi connectivity index (χ0n) is 9.82. The molecule has 86 valence electrons. The molecule has 15 heavy (non-hydrogen) atoms. The summed E-state index contributed by atoms with van der Waals surface area (Å²) in [6, 6.07) is 0. The summed E-state index contributed by atoms with van der Waals surface area (Å²) in [7, 11) is 2.17. The average molecular weight is 228 g/mol. The topological polar surface area (TPSA) is 23.6 Å². The normalized spacial score (nSPS) is 24.9. The minimum absolute atomic E-state index is 0.270. The number of carbonyl (C=O) groups excluding carboxylic acids is 1. The molecule has 2 saturated heterocycles. The van der Waals surface area contributed by atoms with Gasteiger partial charge in [0, 0.05) is 18.7 Å². The number of nitrogens with zero attached hydrogens (tertiary/aromatic N) is 2. The molecule has 0 N–H and O–H groups in total. The summed E-state index contributed by atoms with van der Waals surface area (Å²) in [5, 5.41) is 0. The van der Waals surface area contributed by atoms with Gasteiger partial charge in [-0.1, -0.05) is 13.8 Å². The number of thioether (sulfide) groups is 1. The van der Waals surface area contributed by atoms with E-state index in [1.807, 2.05) is 16.7 Å². The molecule has 0 radical (unpaired) electrons. The van der Waals surface area contributed by atoms with Gasteiger partial charge in [0.15, 0.2) is 0 Å². The minimum atomic E-state index is 0.270. The maximum Gasteiger partial charge on any atom is 0.223 e. The number of hydrogen-bond acceptors (Lipinski definition) is 3. The quantitative estimate of drug-likeness (QED) is 0.710. The van der Waals surface area contributed by atoms with E-state index in [0.29, 0.717) is 18.2 Å². The molecule has 0 aromatic rings. The van der Waals surface area contributed by atoms with Crippen molar-refractivity contribution in [3.05, 3.63) is 0 Å². The number of amides is 1. The van der Waals surface area contributed by atoms with Gasteiger partial charge in [-0.3, -0.25) is 9.69 Å². The highest BCUT2D eigenvalue weighted by Crippen LogP contribution is 2.42. The Labute approximate surface area is 96.2 Å². The van der Waals surface area contributed by atoms with Crippen molar-refractivity contribution in [2.24, 2.45) is 5.92 Å². The highest BCUT2D eigenvalue weighted by molar-refractivity contribution is 8.01. The molecule has 0 aromatic carbocycles. The van der Waals surface area contributed by atoms with Gasteiger partial charge in [0.25, 0.3) is 0 Å². The van der Waals surface area contributed by atoms with Crippen molar-refractivity contribution in [2.75, 3.05) is 32.4 Å². The highest BCUT2D eigenvalue weighted by Gasteiger charge is 2.50. The second kappa shape index (κ2) is 3.98. The fourth-order valence-corrected chi connectivity index (χ4v) is 3.78. The van der Waals surface area contributed by atoms with Crippen LogP contribution in [-0.2, 0) is 4.79 Å². The molecular weight excluding hydrogens is 208 g/mol. The molecule has 3 nitrogen and oxygen atoms in total. The Morgan fingerprint density at radius 3 is 2.60 bits per heavy atom. The summed E-state index contributed by atoms with van der Waals surface area (Å²) in [4.78, 5) is 16.5. The Balaban J connectivity index is 1.84. The van der Waals surface area contributed by atoms with Crippen molar-refractivity contribution in [1.82, 2.24) is 9.80 Å². The van der Waals surface area contributed by atoms with Gasteiger partial charge in [-0.15, -0.1) is 11.8 Å². The van der Waals surface area contributed by atoms with Gasteiger partial charge in [0.1, 0.15) is 4.87 Å². The second-order valence-corrected chi connectivity index (χ2v) is 6.52. The molecule has 1 spiro atoms. The first-order valence-electron chi connectivity index (χ1n) is 5.66. The summed E-state index contributed by atoms with van der Waals surface area (Å²) in [6.45, 7) is 7.23. The molecule has 2 fully saturated rings. The van der Waals surface area contributed by atoms with Crippen LogP contribution in [0.5, 0.6) is 0 Å². The lowest BCUT2D eigenvalue weighted by Gasteiger charge is -2.51. The lowest BCUT2D eigenvalue weighted by Crippen LogP contribution is -2.66. The smallest absolute Gasteiger partial charge is 0.223 e. The number of rotatable bonds is 2. The monoisotopic (exact) mass is 228 g/mol. The predicted molar refractivity (Wildman–Crippen MR) is 63.9 cm³/mol. The molecule has 0 atom stereocenters. The van der Waals surface area contributed by atoms with E-state index >= 15 is 0 Å². The van der Waals surface area contributed by atoms with Crippen molar-refractivity contribution in [2.45, 2.75) is 25.1 Å². The van der Waals surface area contributed by atoms with E-state index in [1.165, 1.54) is 5.75 Å². The van der Waals surface area contributed by atoms with E-state index in [-0.39, 0.29) is 4.87 Å². The van der Waals surface area contributed by atoms with Crippen LogP contribution in [-0.4, -0.2) is 53.0 Å².